The van der Waals surface area contributed by atoms with E-state index < -0.39 is 22.0 Å². The van der Waals surface area contributed by atoms with Crippen LogP contribution in [0.2, 0.25) is 5.02 Å². The molecule has 1 fully saturated rings. The van der Waals surface area contributed by atoms with E-state index in [-0.39, 0.29) is 11.4 Å². The lowest BCUT2D eigenvalue weighted by Gasteiger charge is -2.22. The molecule has 1 amide bonds. The Morgan fingerprint density at radius 1 is 1.18 bits per heavy atom. The number of fused-ring (bicyclic) bond motifs is 1. The number of hydrogen-bond donors (Lipinski definition) is 1. The quantitative estimate of drug-likeness (QED) is 0.401. The monoisotopic (exact) mass is 485 g/mol. The van der Waals surface area contributed by atoms with Crippen LogP contribution < -0.4 is 10.2 Å². The molecule has 0 bridgehead atoms. The highest BCUT2D eigenvalue weighted by molar-refractivity contribution is 7.89. The fourth-order valence-corrected chi connectivity index (χ4v) is 5.74. The minimum Gasteiger partial charge on any atom is -0.493 e. The number of rotatable bonds is 7. The number of hydrogen-bond acceptors (Lipinski definition) is 5. The fraction of sp³-hybridized carbons (Fsp3) is 0.250. The first-order valence-corrected chi connectivity index (χ1v) is 12.5. The van der Waals surface area contributed by atoms with E-state index >= 15 is 0 Å². The number of amides is 1. The molecule has 7 nitrogen and oxygen atoms in total. The van der Waals surface area contributed by atoms with Crippen LogP contribution in [0.1, 0.15) is 25.3 Å². The van der Waals surface area contributed by atoms with Crippen molar-refractivity contribution >= 4 is 44.5 Å². The molecule has 0 radical (unpaired) electrons. The van der Waals surface area contributed by atoms with E-state index in [1.165, 1.54) is 34.8 Å². The zero-order valence-electron chi connectivity index (χ0n) is 18.1. The number of sulfonamides is 1. The molecule has 1 aliphatic rings. The van der Waals surface area contributed by atoms with Gasteiger partial charge in [-0.3, -0.25) is 4.79 Å². The molecular formula is C24H24ClN3O4S. The van der Waals surface area contributed by atoms with Crippen LogP contribution in [0.4, 0.5) is 0 Å². The number of nitrogens with zero attached hydrogens (tertiary/aromatic N) is 2. The van der Waals surface area contributed by atoms with Crippen molar-refractivity contribution in [2.75, 3.05) is 13.2 Å². The molecule has 1 saturated heterocycles. The molecule has 1 atom stereocenters. The van der Waals surface area contributed by atoms with Gasteiger partial charge in [-0.15, -0.1) is 0 Å². The van der Waals surface area contributed by atoms with Gasteiger partial charge >= 0.3 is 0 Å². The highest BCUT2D eigenvalue weighted by Gasteiger charge is 2.39. The zero-order valence-corrected chi connectivity index (χ0v) is 19.6. The van der Waals surface area contributed by atoms with E-state index in [0.29, 0.717) is 30.2 Å². The number of ether oxygens (including phenoxy) is 1. The molecule has 0 aliphatic carbocycles. The molecule has 172 valence electrons. The second-order valence-electron chi connectivity index (χ2n) is 7.59. The summed E-state index contributed by atoms with van der Waals surface area (Å²) in [7, 11) is -3.83. The van der Waals surface area contributed by atoms with E-state index in [9.17, 15) is 13.2 Å². The molecule has 9 heteroatoms. The summed E-state index contributed by atoms with van der Waals surface area (Å²) in [4.78, 5) is 13.0. The zero-order chi connectivity index (χ0) is 23.4. The molecule has 4 rings (SSSR count). The van der Waals surface area contributed by atoms with Gasteiger partial charge in [0.15, 0.2) is 0 Å². The normalized spacial score (nSPS) is 17.0. The minimum absolute atomic E-state index is 0.104. The number of carbonyl (C=O) groups excluding carboxylic acids is 1. The minimum atomic E-state index is -3.83. The Morgan fingerprint density at radius 2 is 1.94 bits per heavy atom. The molecular weight excluding hydrogens is 462 g/mol. The summed E-state index contributed by atoms with van der Waals surface area (Å²) < 4.78 is 33.1. The molecule has 1 aliphatic heterocycles. The van der Waals surface area contributed by atoms with Gasteiger partial charge in [-0.25, -0.2) is 13.8 Å². The first kappa shape index (κ1) is 23.2. The summed E-state index contributed by atoms with van der Waals surface area (Å²) in [6, 6.07) is 16.7. The predicted molar refractivity (Wildman–Crippen MR) is 129 cm³/mol. The van der Waals surface area contributed by atoms with Gasteiger partial charge in [-0.05, 0) is 60.9 Å². The lowest BCUT2D eigenvalue weighted by Crippen LogP contribution is -2.44. The average molecular weight is 486 g/mol. The van der Waals surface area contributed by atoms with Crippen LogP contribution in [-0.2, 0) is 14.8 Å². The van der Waals surface area contributed by atoms with Crippen molar-refractivity contribution in [3.8, 4) is 5.75 Å². The smallest absolute Gasteiger partial charge is 0.258 e. The summed E-state index contributed by atoms with van der Waals surface area (Å²) >= 11 is 5.88. The Bertz CT molecular complexity index is 1290. The lowest BCUT2D eigenvalue weighted by atomic mass is 10.0. The van der Waals surface area contributed by atoms with Crippen molar-refractivity contribution in [3.05, 3.63) is 71.2 Å². The molecule has 0 aromatic heterocycles. The number of carbonyl (C=O) groups is 1. The number of halogens is 1. The van der Waals surface area contributed by atoms with E-state index in [2.05, 4.69) is 10.5 Å². The first-order chi connectivity index (χ1) is 15.9. The molecule has 3 aromatic rings. The maximum atomic E-state index is 13.1. The average Bonchev–Trinajstić information content (AvgIpc) is 3.32. The van der Waals surface area contributed by atoms with Gasteiger partial charge < -0.3 is 4.74 Å². The Labute approximate surface area is 198 Å². The Balaban J connectivity index is 1.54. The van der Waals surface area contributed by atoms with E-state index in [1.54, 1.807) is 0 Å². The first-order valence-electron chi connectivity index (χ1n) is 10.7. The maximum absolute atomic E-state index is 13.1. The largest absolute Gasteiger partial charge is 0.493 e. The molecule has 0 spiro atoms. The Morgan fingerprint density at radius 3 is 2.70 bits per heavy atom. The van der Waals surface area contributed by atoms with Gasteiger partial charge in [0.1, 0.15) is 11.8 Å². The van der Waals surface area contributed by atoms with Crippen LogP contribution in [0.15, 0.2) is 70.7 Å². The van der Waals surface area contributed by atoms with Crippen molar-refractivity contribution in [1.82, 2.24) is 9.73 Å². The Kier molecular flexibility index (Phi) is 6.97. The summed E-state index contributed by atoms with van der Waals surface area (Å²) in [5.74, 6) is 0.182. The molecule has 1 heterocycles. The van der Waals surface area contributed by atoms with E-state index in [4.69, 9.17) is 16.3 Å². The van der Waals surface area contributed by atoms with Crippen LogP contribution in [-0.4, -0.2) is 44.0 Å². The third-order valence-corrected chi connectivity index (χ3v) is 7.70. The van der Waals surface area contributed by atoms with Gasteiger partial charge in [-0.1, -0.05) is 41.9 Å². The maximum Gasteiger partial charge on any atom is 0.258 e. The Hall–Kier alpha value is -2.94. The van der Waals surface area contributed by atoms with Crippen LogP contribution in [0.5, 0.6) is 5.75 Å². The van der Waals surface area contributed by atoms with E-state index in [0.717, 1.165) is 16.3 Å². The molecule has 0 unspecified atom stereocenters. The standard InChI is InChI=1S/C24H24ClN3O4S/c1-2-32-23-14-9-17-6-3-4-7-20(17)21(23)16-26-27-24(29)22-8-5-15-28(22)33(30,31)19-12-10-18(25)11-13-19/h3-4,6-7,9-14,16,22H,2,5,8,15H2,1H3,(H,27,29)/b26-16-/t22-/m0/s1. The van der Waals surface area contributed by atoms with Crippen LogP contribution in [0, 0.1) is 0 Å². The van der Waals surface area contributed by atoms with Gasteiger partial charge in [-0.2, -0.15) is 9.41 Å². The van der Waals surface area contributed by atoms with Crippen LogP contribution in [0.3, 0.4) is 0 Å². The highest BCUT2D eigenvalue weighted by atomic mass is 35.5. The molecule has 3 aromatic carbocycles. The third kappa shape index (κ3) is 4.88. The molecule has 0 saturated carbocycles. The number of hydrazone groups is 1. The van der Waals surface area contributed by atoms with Crippen molar-refractivity contribution in [1.29, 1.82) is 0 Å². The summed E-state index contributed by atoms with van der Waals surface area (Å²) in [5.41, 5.74) is 3.26. The molecule has 33 heavy (non-hydrogen) atoms. The topological polar surface area (TPSA) is 88.1 Å². The van der Waals surface area contributed by atoms with Crippen molar-refractivity contribution < 1.29 is 17.9 Å². The van der Waals surface area contributed by atoms with E-state index in [1.807, 2.05) is 43.3 Å². The van der Waals surface area contributed by atoms with Gasteiger partial charge in [0.25, 0.3) is 5.91 Å². The molecule has 1 N–H and O–H groups in total. The third-order valence-electron chi connectivity index (χ3n) is 5.53. The van der Waals surface area contributed by atoms with Crippen molar-refractivity contribution in [3.63, 3.8) is 0 Å². The fourth-order valence-electron chi connectivity index (χ4n) is 3.96. The summed E-state index contributed by atoms with van der Waals surface area (Å²) in [6.45, 7) is 2.66. The van der Waals surface area contributed by atoms with Crippen molar-refractivity contribution in [2.24, 2.45) is 5.10 Å². The second kappa shape index (κ2) is 9.91. The van der Waals surface area contributed by atoms with Crippen LogP contribution >= 0.6 is 11.6 Å². The lowest BCUT2D eigenvalue weighted by molar-refractivity contribution is -0.124. The second-order valence-corrected chi connectivity index (χ2v) is 9.92. The SMILES string of the molecule is CCOc1ccc2ccccc2c1/C=N\NC(=O)[C@@H]1CCCN1S(=O)(=O)c1ccc(Cl)cc1. The van der Waals surface area contributed by atoms with Gasteiger partial charge in [0.2, 0.25) is 10.0 Å². The van der Waals surface area contributed by atoms with Crippen LogP contribution in [0.25, 0.3) is 10.8 Å². The number of nitrogens with one attached hydrogen (secondary N) is 1. The summed E-state index contributed by atoms with van der Waals surface area (Å²) in [6.07, 6.45) is 2.55. The van der Waals surface area contributed by atoms with Gasteiger partial charge in [0.05, 0.1) is 17.7 Å². The number of benzene rings is 3. The summed E-state index contributed by atoms with van der Waals surface area (Å²) in [5, 5.41) is 6.54. The highest BCUT2D eigenvalue weighted by Crippen LogP contribution is 2.28. The van der Waals surface area contributed by atoms with Crippen molar-refractivity contribution in [2.45, 2.75) is 30.7 Å². The van der Waals surface area contributed by atoms with Gasteiger partial charge in [0, 0.05) is 17.1 Å². The predicted octanol–water partition coefficient (Wildman–Crippen LogP) is 4.20.